The second-order valence-electron chi connectivity index (χ2n) is 3.09. The van der Waals surface area contributed by atoms with Gasteiger partial charge in [-0.15, -0.1) is 0 Å². The van der Waals surface area contributed by atoms with E-state index in [0.29, 0.717) is 11.3 Å². The van der Waals surface area contributed by atoms with Gasteiger partial charge in [0, 0.05) is 0 Å². The fraction of sp³-hybridized carbons (Fsp3) is 0.273. The number of methoxy groups -OCH3 is 1. The van der Waals surface area contributed by atoms with Gasteiger partial charge in [0.1, 0.15) is 12.6 Å². The molecule has 15 heavy (non-hydrogen) atoms. The topological polar surface area (TPSA) is 62.1 Å². The lowest BCUT2D eigenvalue weighted by atomic mass is 10.1. The molecule has 0 aliphatic heterocycles. The van der Waals surface area contributed by atoms with Gasteiger partial charge < -0.3 is 10.1 Å². The molecule has 0 spiro atoms. The lowest BCUT2D eigenvalue weighted by Gasteiger charge is -2.07. The van der Waals surface area contributed by atoms with Gasteiger partial charge in [-0.1, -0.05) is 6.07 Å². The largest absolute Gasteiger partial charge is 0.468 e. The van der Waals surface area contributed by atoms with Crippen LogP contribution in [-0.2, 0) is 9.53 Å². The van der Waals surface area contributed by atoms with Crippen LogP contribution in [0.5, 0.6) is 0 Å². The van der Waals surface area contributed by atoms with E-state index in [1.807, 2.05) is 13.0 Å². The molecule has 0 radical (unpaired) electrons. The summed E-state index contributed by atoms with van der Waals surface area (Å²) in [6, 6.07) is 7.48. The van der Waals surface area contributed by atoms with Crippen LogP contribution in [0.4, 0.5) is 5.69 Å². The number of esters is 1. The van der Waals surface area contributed by atoms with Gasteiger partial charge in [-0.2, -0.15) is 5.26 Å². The monoisotopic (exact) mass is 204 g/mol. The minimum Gasteiger partial charge on any atom is -0.468 e. The van der Waals surface area contributed by atoms with Crippen LogP contribution < -0.4 is 5.32 Å². The van der Waals surface area contributed by atoms with Gasteiger partial charge in [0.15, 0.2) is 0 Å². The maximum atomic E-state index is 10.9. The van der Waals surface area contributed by atoms with Crippen molar-refractivity contribution in [3.05, 3.63) is 29.3 Å². The van der Waals surface area contributed by atoms with Crippen molar-refractivity contribution in [2.45, 2.75) is 6.92 Å². The van der Waals surface area contributed by atoms with Gasteiger partial charge in [0.25, 0.3) is 0 Å². The molecule has 0 bridgehead atoms. The second-order valence-corrected chi connectivity index (χ2v) is 3.09. The molecule has 0 heterocycles. The molecule has 0 fully saturated rings. The minimum absolute atomic E-state index is 0.0637. The number of hydrogen-bond donors (Lipinski definition) is 1. The third-order valence-electron chi connectivity index (χ3n) is 1.95. The summed E-state index contributed by atoms with van der Waals surface area (Å²) in [5.41, 5.74) is 2.18. The zero-order chi connectivity index (χ0) is 11.3. The van der Waals surface area contributed by atoms with E-state index < -0.39 is 0 Å². The van der Waals surface area contributed by atoms with E-state index in [9.17, 15) is 4.79 Å². The average molecular weight is 204 g/mol. The van der Waals surface area contributed by atoms with Crippen molar-refractivity contribution in [2.24, 2.45) is 0 Å². The summed E-state index contributed by atoms with van der Waals surface area (Å²) in [7, 11) is 1.32. The highest BCUT2D eigenvalue weighted by molar-refractivity contribution is 5.75. The molecule has 0 saturated carbocycles. The van der Waals surface area contributed by atoms with E-state index in [1.165, 1.54) is 7.11 Å². The van der Waals surface area contributed by atoms with Crippen LogP contribution in [0, 0.1) is 18.3 Å². The smallest absolute Gasteiger partial charge is 0.325 e. The highest BCUT2D eigenvalue weighted by atomic mass is 16.5. The number of nitrogens with one attached hydrogen (secondary N) is 1. The van der Waals surface area contributed by atoms with E-state index >= 15 is 0 Å². The zero-order valence-electron chi connectivity index (χ0n) is 8.70. The normalized spacial score (nSPS) is 9.13. The standard InChI is InChI=1S/C11H12N2O2/c1-8-3-4-10(9(5-8)6-12)13-7-11(14)15-2/h3-5,13H,7H2,1-2H3. The molecule has 1 aromatic carbocycles. The molecule has 1 rings (SSSR count). The van der Waals surface area contributed by atoms with E-state index in [2.05, 4.69) is 16.1 Å². The van der Waals surface area contributed by atoms with Crippen molar-refractivity contribution in [3.63, 3.8) is 0 Å². The maximum Gasteiger partial charge on any atom is 0.325 e. The highest BCUT2D eigenvalue weighted by Crippen LogP contribution is 2.15. The van der Waals surface area contributed by atoms with Gasteiger partial charge in [-0.25, -0.2) is 0 Å². The quantitative estimate of drug-likeness (QED) is 0.757. The van der Waals surface area contributed by atoms with Gasteiger partial charge >= 0.3 is 5.97 Å². The number of nitrogens with zero attached hydrogens (tertiary/aromatic N) is 1. The molecule has 4 heteroatoms. The number of nitriles is 1. The van der Waals surface area contributed by atoms with Crippen LogP contribution in [0.3, 0.4) is 0 Å². The van der Waals surface area contributed by atoms with Crippen LogP contribution in [-0.4, -0.2) is 19.6 Å². The fourth-order valence-electron chi connectivity index (χ4n) is 1.14. The van der Waals surface area contributed by atoms with Crippen LogP contribution in [0.1, 0.15) is 11.1 Å². The predicted octanol–water partition coefficient (Wildman–Crippen LogP) is 1.45. The summed E-state index contributed by atoms with van der Waals surface area (Å²) in [6.45, 7) is 1.97. The Hall–Kier alpha value is -2.02. The first-order chi connectivity index (χ1) is 7.17. The number of benzene rings is 1. The van der Waals surface area contributed by atoms with Crippen LogP contribution in [0.15, 0.2) is 18.2 Å². The third kappa shape index (κ3) is 2.99. The Morgan fingerprint density at radius 3 is 2.93 bits per heavy atom. The number of anilines is 1. The third-order valence-corrected chi connectivity index (χ3v) is 1.95. The molecule has 1 aromatic rings. The fourth-order valence-corrected chi connectivity index (χ4v) is 1.14. The Kier molecular flexibility index (Phi) is 3.69. The average Bonchev–Trinajstić information content (AvgIpc) is 2.26. The summed E-state index contributed by atoms with van der Waals surface area (Å²) in [6.07, 6.45) is 0. The molecule has 1 N–H and O–H groups in total. The zero-order valence-corrected chi connectivity index (χ0v) is 8.70. The summed E-state index contributed by atoms with van der Waals surface area (Å²) in [5.74, 6) is -0.362. The molecular weight excluding hydrogens is 192 g/mol. The van der Waals surface area contributed by atoms with E-state index in [-0.39, 0.29) is 12.5 Å². The van der Waals surface area contributed by atoms with Crippen molar-refractivity contribution < 1.29 is 9.53 Å². The second kappa shape index (κ2) is 5.01. The van der Waals surface area contributed by atoms with Crippen LogP contribution >= 0.6 is 0 Å². The van der Waals surface area contributed by atoms with Crippen LogP contribution in [0.25, 0.3) is 0 Å². The number of aryl methyl sites for hydroxylation is 1. The Morgan fingerprint density at radius 1 is 1.60 bits per heavy atom. The first-order valence-electron chi connectivity index (χ1n) is 4.49. The molecule has 0 amide bonds. The lowest BCUT2D eigenvalue weighted by molar-refractivity contribution is -0.138. The number of carbonyl (C=O) groups is 1. The summed E-state index contributed by atoms with van der Waals surface area (Å²) >= 11 is 0. The number of rotatable bonds is 3. The van der Waals surface area contributed by atoms with Crippen molar-refractivity contribution in [1.29, 1.82) is 5.26 Å². The Labute approximate surface area is 88.5 Å². The van der Waals surface area contributed by atoms with Gasteiger partial charge in [0.05, 0.1) is 18.4 Å². The summed E-state index contributed by atoms with van der Waals surface area (Å²) in [5, 5.41) is 11.7. The molecule has 4 nitrogen and oxygen atoms in total. The minimum atomic E-state index is -0.362. The number of hydrogen-bond acceptors (Lipinski definition) is 4. The molecule has 78 valence electrons. The van der Waals surface area contributed by atoms with Gasteiger partial charge in [0.2, 0.25) is 0 Å². The van der Waals surface area contributed by atoms with E-state index in [1.54, 1.807) is 12.1 Å². The molecule has 0 atom stereocenters. The number of carbonyl (C=O) groups excluding carboxylic acids is 1. The van der Waals surface area contributed by atoms with Gasteiger partial charge in [-0.05, 0) is 24.6 Å². The maximum absolute atomic E-state index is 10.9. The molecule has 0 unspecified atom stereocenters. The SMILES string of the molecule is COC(=O)CNc1ccc(C)cc1C#N. The van der Waals surface area contributed by atoms with Crippen molar-refractivity contribution in [1.82, 2.24) is 0 Å². The molecule has 0 aliphatic carbocycles. The summed E-state index contributed by atoms with van der Waals surface area (Å²) in [4.78, 5) is 10.9. The van der Waals surface area contributed by atoms with Gasteiger partial charge in [-0.3, -0.25) is 4.79 Å². The first kappa shape index (κ1) is 11.1. The van der Waals surface area contributed by atoms with Crippen molar-refractivity contribution >= 4 is 11.7 Å². The van der Waals surface area contributed by atoms with Crippen LogP contribution in [0.2, 0.25) is 0 Å². The predicted molar refractivity (Wildman–Crippen MR) is 56.4 cm³/mol. The highest BCUT2D eigenvalue weighted by Gasteiger charge is 2.04. The first-order valence-corrected chi connectivity index (χ1v) is 4.49. The molecule has 0 aromatic heterocycles. The van der Waals surface area contributed by atoms with E-state index in [0.717, 1.165) is 5.56 Å². The van der Waals surface area contributed by atoms with Crippen molar-refractivity contribution in [2.75, 3.05) is 19.0 Å². The Morgan fingerprint density at radius 2 is 2.33 bits per heavy atom. The molecule has 0 saturated heterocycles. The lowest BCUT2D eigenvalue weighted by Crippen LogP contribution is -2.15. The number of ether oxygens (including phenoxy) is 1. The Bertz CT molecular complexity index is 408. The molecular formula is C11H12N2O2. The summed E-state index contributed by atoms with van der Waals surface area (Å²) < 4.78 is 4.48. The van der Waals surface area contributed by atoms with E-state index in [4.69, 9.17) is 5.26 Å². The Balaban J connectivity index is 2.77. The van der Waals surface area contributed by atoms with Crippen molar-refractivity contribution in [3.8, 4) is 6.07 Å². The molecule has 0 aliphatic rings.